The van der Waals surface area contributed by atoms with Crippen molar-refractivity contribution in [2.24, 2.45) is 0 Å². The van der Waals surface area contributed by atoms with Crippen LogP contribution in [0.4, 0.5) is 10.1 Å². The van der Waals surface area contributed by atoms with E-state index in [-0.39, 0.29) is 29.5 Å². The van der Waals surface area contributed by atoms with Crippen molar-refractivity contribution < 1.29 is 22.3 Å². The molecule has 3 heterocycles. The first-order valence-electron chi connectivity index (χ1n) is 12.0. The molecule has 0 aromatic heterocycles. The second-order valence-electron chi connectivity index (χ2n) is 9.39. The molecule has 3 aliphatic heterocycles. The minimum absolute atomic E-state index is 0.117. The van der Waals surface area contributed by atoms with Crippen molar-refractivity contribution in [1.29, 1.82) is 0 Å². The van der Waals surface area contributed by atoms with Gasteiger partial charge in [0.1, 0.15) is 5.82 Å². The molecule has 34 heavy (non-hydrogen) atoms. The highest BCUT2D eigenvalue weighted by molar-refractivity contribution is 7.89. The summed E-state index contributed by atoms with van der Waals surface area (Å²) in [6, 6.07) is 13.6. The first-order chi connectivity index (χ1) is 16.3. The van der Waals surface area contributed by atoms with Crippen molar-refractivity contribution in [3.05, 3.63) is 59.9 Å². The number of hydrogen-bond acceptors (Lipinski definition) is 6. The van der Waals surface area contributed by atoms with E-state index in [1.54, 1.807) is 18.2 Å². The largest absolute Gasteiger partial charge is 0.369 e. The van der Waals surface area contributed by atoms with E-state index in [0.717, 1.165) is 44.8 Å². The van der Waals surface area contributed by atoms with Crippen LogP contribution < -0.4 is 4.90 Å². The smallest absolute Gasteiger partial charge is 0.243 e. The van der Waals surface area contributed by atoms with Gasteiger partial charge in [0, 0.05) is 44.0 Å². The predicted octanol–water partition coefficient (Wildman–Crippen LogP) is 3.02. The Balaban J connectivity index is 1.22. The van der Waals surface area contributed by atoms with Gasteiger partial charge in [-0.2, -0.15) is 4.31 Å². The number of piperazine rings is 1. The van der Waals surface area contributed by atoms with Crippen molar-refractivity contribution in [3.8, 4) is 0 Å². The van der Waals surface area contributed by atoms with E-state index in [1.165, 1.54) is 16.4 Å². The number of benzene rings is 2. The Hall–Kier alpha value is -2.04. The predicted molar refractivity (Wildman–Crippen MR) is 128 cm³/mol. The average Bonchev–Trinajstić information content (AvgIpc) is 3.12. The van der Waals surface area contributed by atoms with Crippen LogP contribution in [-0.4, -0.2) is 75.6 Å². The van der Waals surface area contributed by atoms with Crippen LogP contribution in [0.25, 0.3) is 0 Å². The Morgan fingerprint density at radius 2 is 1.59 bits per heavy atom. The van der Waals surface area contributed by atoms with E-state index in [4.69, 9.17) is 9.47 Å². The highest BCUT2D eigenvalue weighted by Crippen LogP contribution is 2.45. The lowest BCUT2D eigenvalue weighted by atomic mass is 10.1. The zero-order valence-electron chi connectivity index (χ0n) is 19.7. The van der Waals surface area contributed by atoms with Gasteiger partial charge < -0.3 is 14.4 Å². The number of anilines is 1. The summed E-state index contributed by atoms with van der Waals surface area (Å²) >= 11 is 0. The van der Waals surface area contributed by atoms with Crippen LogP contribution in [0.1, 0.15) is 25.8 Å². The molecular formula is C25H32FN3O4S. The maximum atomic E-state index is 13.4. The molecule has 2 aromatic rings. The first kappa shape index (κ1) is 23.7. The second kappa shape index (κ2) is 9.20. The van der Waals surface area contributed by atoms with Crippen LogP contribution in [0.15, 0.2) is 53.4 Å². The molecule has 0 unspecified atom stereocenters. The third-order valence-electron chi connectivity index (χ3n) is 7.16. The number of hydrogen-bond donors (Lipinski definition) is 0. The number of nitrogens with zero attached hydrogens (tertiary/aromatic N) is 3. The number of halogens is 1. The lowest BCUT2D eigenvalue weighted by molar-refractivity contribution is -0.191. The van der Waals surface area contributed by atoms with Crippen LogP contribution >= 0.6 is 0 Å². The molecule has 0 saturated carbocycles. The fourth-order valence-electron chi connectivity index (χ4n) is 5.12. The molecule has 3 aliphatic rings. The summed E-state index contributed by atoms with van der Waals surface area (Å²) in [6.07, 6.45) is 0.486. The van der Waals surface area contributed by atoms with Crippen molar-refractivity contribution in [3.63, 3.8) is 0 Å². The van der Waals surface area contributed by atoms with Gasteiger partial charge in [-0.3, -0.25) is 4.90 Å². The van der Waals surface area contributed by atoms with Crippen LogP contribution in [0.5, 0.6) is 0 Å². The van der Waals surface area contributed by atoms with Crippen LogP contribution in [0, 0.1) is 5.82 Å². The molecule has 0 aliphatic carbocycles. The normalized spacial score (nSPS) is 26.6. The Morgan fingerprint density at radius 3 is 2.26 bits per heavy atom. The third kappa shape index (κ3) is 4.35. The van der Waals surface area contributed by atoms with E-state index in [1.807, 2.05) is 32.0 Å². The molecule has 0 amide bonds. The second-order valence-corrected chi connectivity index (χ2v) is 11.3. The number of fused-ring (bicyclic) bond motifs is 2. The van der Waals surface area contributed by atoms with Crippen LogP contribution in [-0.2, 0) is 25.3 Å². The summed E-state index contributed by atoms with van der Waals surface area (Å²) in [5.41, 5.74) is 1.63. The fourth-order valence-corrected chi connectivity index (χ4v) is 6.86. The molecule has 2 atom stereocenters. The zero-order chi connectivity index (χ0) is 23.9. The lowest BCUT2D eigenvalue weighted by Gasteiger charge is -2.40. The summed E-state index contributed by atoms with van der Waals surface area (Å²) < 4.78 is 54.0. The highest BCUT2D eigenvalue weighted by Gasteiger charge is 2.53. The maximum absolute atomic E-state index is 13.4. The van der Waals surface area contributed by atoms with Gasteiger partial charge in [-0.15, -0.1) is 0 Å². The monoisotopic (exact) mass is 489 g/mol. The van der Waals surface area contributed by atoms with Gasteiger partial charge in [0.2, 0.25) is 15.8 Å². The van der Waals surface area contributed by atoms with Gasteiger partial charge in [-0.25, -0.2) is 12.8 Å². The van der Waals surface area contributed by atoms with Crippen LogP contribution in [0.2, 0.25) is 0 Å². The summed E-state index contributed by atoms with van der Waals surface area (Å²) in [5, 5.41) is 0. The van der Waals surface area contributed by atoms with Crippen LogP contribution in [0.3, 0.4) is 0 Å². The number of sulfonamides is 1. The highest BCUT2D eigenvalue weighted by atomic mass is 32.2. The first-order valence-corrected chi connectivity index (χ1v) is 13.4. The van der Waals surface area contributed by atoms with E-state index in [9.17, 15) is 12.8 Å². The minimum Gasteiger partial charge on any atom is -0.369 e. The molecule has 5 rings (SSSR count). The molecule has 7 nitrogen and oxygen atoms in total. The Morgan fingerprint density at radius 1 is 0.941 bits per heavy atom. The summed E-state index contributed by atoms with van der Waals surface area (Å²) in [4.78, 5) is 4.88. The van der Waals surface area contributed by atoms with Gasteiger partial charge in [-0.1, -0.05) is 18.2 Å². The molecule has 9 heteroatoms. The van der Waals surface area contributed by atoms with Gasteiger partial charge in [-0.05, 0) is 57.1 Å². The summed E-state index contributed by atoms with van der Waals surface area (Å²) in [5.74, 6) is -1.28. The average molecular weight is 490 g/mol. The minimum atomic E-state index is -3.62. The van der Waals surface area contributed by atoms with E-state index >= 15 is 0 Å². The molecular weight excluding hydrogens is 457 g/mol. The van der Waals surface area contributed by atoms with E-state index in [0.29, 0.717) is 12.1 Å². The third-order valence-corrected chi connectivity index (χ3v) is 9.06. The molecule has 2 saturated heterocycles. The van der Waals surface area contributed by atoms with Crippen molar-refractivity contribution in [2.75, 3.05) is 50.7 Å². The number of rotatable bonds is 5. The van der Waals surface area contributed by atoms with Crippen molar-refractivity contribution in [1.82, 2.24) is 9.21 Å². The molecule has 1 spiro atoms. The van der Waals surface area contributed by atoms with Gasteiger partial charge in [0.15, 0.2) is 0 Å². The molecule has 0 bridgehead atoms. The van der Waals surface area contributed by atoms with E-state index in [2.05, 4.69) is 9.80 Å². The Labute approximate surface area is 201 Å². The van der Waals surface area contributed by atoms with Crippen molar-refractivity contribution >= 4 is 15.7 Å². The quantitative estimate of drug-likeness (QED) is 0.644. The topological polar surface area (TPSA) is 62.3 Å². The van der Waals surface area contributed by atoms with Gasteiger partial charge >= 0.3 is 0 Å². The zero-order valence-corrected chi connectivity index (χ0v) is 20.5. The Kier molecular flexibility index (Phi) is 6.41. The summed E-state index contributed by atoms with van der Waals surface area (Å²) in [6.45, 7) is 8.81. The number of ether oxygens (including phenoxy) is 2. The SMILES string of the molecule is C[C@H]1OC2(CN(CCCN3CCN(c4ccc(F)cc4)CC3)S(=O)(=O)c3ccccc32)O[C@@H]1C. The van der Waals surface area contributed by atoms with Gasteiger partial charge in [0.25, 0.3) is 0 Å². The fraction of sp³-hybridized carbons (Fsp3) is 0.520. The maximum Gasteiger partial charge on any atom is 0.243 e. The standard InChI is InChI=1S/C25H32FN3O4S/c1-19-20(2)33-25(32-19)18-29(34(30,31)24-7-4-3-6-23(24)25)13-5-12-27-14-16-28(17-15-27)22-10-8-21(26)9-11-22/h3-4,6-11,19-20H,5,12-18H2,1-2H3/t19-,20-/m1/s1. The molecule has 2 fully saturated rings. The molecule has 184 valence electrons. The molecule has 0 radical (unpaired) electrons. The summed E-state index contributed by atoms with van der Waals surface area (Å²) in [7, 11) is -3.62. The lowest BCUT2D eigenvalue weighted by Crippen LogP contribution is -2.51. The van der Waals surface area contributed by atoms with E-state index < -0.39 is 15.8 Å². The van der Waals surface area contributed by atoms with Crippen molar-refractivity contribution in [2.45, 2.75) is 43.2 Å². The molecule has 2 aromatic carbocycles. The van der Waals surface area contributed by atoms with Gasteiger partial charge in [0.05, 0.1) is 23.6 Å². The molecule has 0 N–H and O–H groups in total. The Bertz CT molecular complexity index is 1110.